The van der Waals surface area contributed by atoms with E-state index in [1.165, 1.54) is 26.3 Å². The van der Waals surface area contributed by atoms with Crippen LogP contribution in [0.4, 0.5) is 0 Å². The van der Waals surface area contributed by atoms with Gasteiger partial charge in [-0.15, -0.1) is 11.3 Å². The summed E-state index contributed by atoms with van der Waals surface area (Å²) in [6, 6.07) is 6.63. The van der Waals surface area contributed by atoms with Gasteiger partial charge in [-0.1, -0.05) is 25.6 Å². The lowest BCUT2D eigenvalue weighted by Gasteiger charge is -2.19. The molecule has 0 radical (unpaired) electrons. The highest BCUT2D eigenvalue weighted by atomic mass is 32.2. The molecule has 22 heavy (non-hydrogen) atoms. The number of nitrogens with zero attached hydrogens (tertiary/aromatic N) is 2. The van der Waals surface area contributed by atoms with Crippen molar-refractivity contribution in [3.63, 3.8) is 0 Å². The summed E-state index contributed by atoms with van der Waals surface area (Å²) >= 11 is 3.56. The largest absolute Gasteiger partial charge is 0.495 e. The van der Waals surface area contributed by atoms with Gasteiger partial charge in [-0.3, -0.25) is 4.99 Å². The molecule has 0 fully saturated rings. The SMILES string of the molecule is COc1cc(C2=C(C(C)C)SC3=NCCN32)cc2ccsc12. The topological polar surface area (TPSA) is 24.8 Å². The molecule has 3 nitrogen and oxygen atoms in total. The smallest absolute Gasteiger partial charge is 0.168 e. The number of methoxy groups -OCH3 is 1. The number of hydrogen-bond acceptors (Lipinski definition) is 5. The molecule has 3 heterocycles. The van der Waals surface area contributed by atoms with Crippen LogP contribution >= 0.6 is 23.1 Å². The number of thiophene rings is 1. The average Bonchev–Trinajstić information content (AvgIpc) is 3.19. The third-order valence-corrected chi connectivity index (χ3v) is 6.40. The lowest BCUT2D eigenvalue weighted by atomic mass is 10.0. The summed E-state index contributed by atoms with van der Waals surface area (Å²) in [5.74, 6) is 1.46. The van der Waals surface area contributed by atoms with Gasteiger partial charge in [-0.2, -0.15) is 0 Å². The summed E-state index contributed by atoms with van der Waals surface area (Å²) in [5, 5.41) is 4.54. The van der Waals surface area contributed by atoms with Gasteiger partial charge in [0, 0.05) is 17.0 Å². The van der Waals surface area contributed by atoms with E-state index >= 15 is 0 Å². The molecule has 4 rings (SSSR count). The summed E-state index contributed by atoms with van der Waals surface area (Å²) in [5.41, 5.74) is 2.56. The van der Waals surface area contributed by atoms with Crippen molar-refractivity contribution in [1.29, 1.82) is 0 Å². The quantitative estimate of drug-likeness (QED) is 0.819. The van der Waals surface area contributed by atoms with Crippen molar-refractivity contribution in [1.82, 2.24) is 4.90 Å². The summed E-state index contributed by atoms with van der Waals surface area (Å²) in [6.07, 6.45) is 0. The van der Waals surface area contributed by atoms with E-state index in [4.69, 9.17) is 4.74 Å². The standard InChI is InChI=1S/C17H18N2OS2/c1-10(2)15-14(19-6-5-18-17(19)22-15)12-8-11-4-7-21-16(11)13(9-12)20-3/h4,7-10H,5-6H2,1-3H3. The summed E-state index contributed by atoms with van der Waals surface area (Å²) < 4.78 is 6.85. The Morgan fingerprint density at radius 1 is 1.32 bits per heavy atom. The van der Waals surface area contributed by atoms with E-state index in [1.807, 2.05) is 11.8 Å². The number of allylic oxidation sites excluding steroid dienone is 1. The molecule has 0 unspecified atom stereocenters. The molecule has 0 aliphatic carbocycles. The molecule has 2 aromatic rings. The fourth-order valence-corrected chi connectivity index (χ4v) is 5.11. The molecular formula is C17H18N2OS2. The van der Waals surface area contributed by atoms with Crippen LogP contribution in [0.25, 0.3) is 15.8 Å². The average molecular weight is 330 g/mol. The van der Waals surface area contributed by atoms with Crippen molar-refractivity contribution >= 4 is 44.0 Å². The molecule has 0 spiro atoms. The Kier molecular flexibility index (Phi) is 3.42. The maximum Gasteiger partial charge on any atom is 0.168 e. The number of benzene rings is 1. The minimum absolute atomic E-state index is 0.498. The second-order valence-corrected chi connectivity index (χ2v) is 7.73. The van der Waals surface area contributed by atoms with Crippen LogP contribution in [-0.4, -0.2) is 30.3 Å². The maximum absolute atomic E-state index is 5.63. The van der Waals surface area contributed by atoms with Crippen molar-refractivity contribution in [2.75, 3.05) is 20.2 Å². The summed E-state index contributed by atoms with van der Waals surface area (Å²) in [7, 11) is 1.75. The monoisotopic (exact) mass is 330 g/mol. The lowest BCUT2D eigenvalue weighted by Crippen LogP contribution is -2.20. The van der Waals surface area contributed by atoms with E-state index < -0.39 is 0 Å². The molecule has 0 N–H and O–H groups in total. The van der Waals surface area contributed by atoms with E-state index in [-0.39, 0.29) is 0 Å². The third kappa shape index (κ3) is 2.07. The molecule has 0 atom stereocenters. The van der Waals surface area contributed by atoms with Crippen molar-refractivity contribution in [3.8, 4) is 5.75 Å². The molecule has 0 amide bonds. The molecule has 114 valence electrons. The molecule has 0 bridgehead atoms. The molecule has 2 aliphatic heterocycles. The van der Waals surface area contributed by atoms with Gasteiger partial charge in [0.2, 0.25) is 0 Å². The zero-order chi connectivity index (χ0) is 15.3. The Morgan fingerprint density at radius 2 is 2.18 bits per heavy atom. The van der Waals surface area contributed by atoms with E-state index in [1.54, 1.807) is 18.4 Å². The van der Waals surface area contributed by atoms with Gasteiger partial charge < -0.3 is 9.64 Å². The molecule has 0 saturated heterocycles. The van der Waals surface area contributed by atoms with Gasteiger partial charge in [0.15, 0.2) is 5.17 Å². The molecule has 5 heteroatoms. The normalized spacial score (nSPS) is 17.6. The minimum Gasteiger partial charge on any atom is -0.495 e. The highest BCUT2D eigenvalue weighted by Gasteiger charge is 2.34. The van der Waals surface area contributed by atoms with Gasteiger partial charge in [0.25, 0.3) is 0 Å². The number of thioether (sulfide) groups is 1. The van der Waals surface area contributed by atoms with Crippen LogP contribution in [0.1, 0.15) is 19.4 Å². The number of amidine groups is 1. The van der Waals surface area contributed by atoms with Crippen LogP contribution in [0.15, 0.2) is 33.5 Å². The van der Waals surface area contributed by atoms with Gasteiger partial charge in [0.1, 0.15) is 5.75 Å². The van der Waals surface area contributed by atoms with Gasteiger partial charge in [0.05, 0.1) is 24.1 Å². The number of hydrogen-bond donors (Lipinski definition) is 0. The second-order valence-electron chi connectivity index (χ2n) is 5.80. The predicted molar refractivity (Wildman–Crippen MR) is 96.7 cm³/mol. The maximum atomic E-state index is 5.63. The van der Waals surface area contributed by atoms with Crippen LogP contribution in [-0.2, 0) is 0 Å². The first-order valence-electron chi connectivity index (χ1n) is 7.48. The molecule has 2 aliphatic rings. The molecule has 0 saturated carbocycles. The van der Waals surface area contributed by atoms with Gasteiger partial charge >= 0.3 is 0 Å². The second kappa shape index (κ2) is 5.32. The van der Waals surface area contributed by atoms with E-state index in [2.05, 4.69) is 47.3 Å². The summed E-state index contributed by atoms with van der Waals surface area (Å²) in [4.78, 5) is 8.42. The van der Waals surface area contributed by atoms with Gasteiger partial charge in [-0.25, -0.2) is 0 Å². The molecule has 1 aromatic heterocycles. The number of fused-ring (bicyclic) bond motifs is 2. The number of ether oxygens (including phenoxy) is 1. The molecular weight excluding hydrogens is 312 g/mol. The minimum atomic E-state index is 0.498. The van der Waals surface area contributed by atoms with Gasteiger partial charge in [-0.05, 0) is 34.9 Å². The first kappa shape index (κ1) is 14.2. The lowest BCUT2D eigenvalue weighted by molar-refractivity contribution is 0.420. The van der Waals surface area contributed by atoms with Crippen LogP contribution in [0.5, 0.6) is 5.75 Å². The number of aliphatic imine (C=N–C) groups is 1. The zero-order valence-corrected chi connectivity index (χ0v) is 14.6. The Balaban J connectivity index is 1.92. The third-order valence-electron chi connectivity index (χ3n) is 4.04. The van der Waals surface area contributed by atoms with Crippen LogP contribution in [0.3, 0.4) is 0 Å². The first-order chi connectivity index (χ1) is 10.7. The fourth-order valence-electron chi connectivity index (χ4n) is 3.03. The van der Waals surface area contributed by atoms with E-state index in [9.17, 15) is 0 Å². The van der Waals surface area contributed by atoms with Crippen molar-refractivity contribution in [2.24, 2.45) is 10.9 Å². The Hall–Kier alpha value is -1.46. The fraction of sp³-hybridized carbons (Fsp3) is 0.353. The Morgan fingerprint density at radius 3 is 2.95 bits per heavy atom. The Bertz CT molecular complexity index is 804. The highest BCUT2D eigenvalue weighted by Crippen LogP contribution is 2.46. The van der Waals surface area contributed by atoms with Crippen LogP contribution in [0, 0.1) is 5.92 Å². The van der Waals surface area contributed by atoms with Crippen LogP contribution in [0.2, 0.25) is 0 Å². The summed E-state index contributed by atoms with van der Waals surface area (Å²) in [6.45, 7) is 6.39. The predicted octanol–water partition coefficient (Wildman–Crippen LogP) is 4.65. The zero-order valence-electron chi connectivity index (χ0n) is 12.9. The Labute approximate surface area is 138 Å². The van der Waals surface area contributed by atoms with Crippen LogP contribution < -0.4 is 4.74 Å². The van der Waals surface area contributed by atoms with E-state index in [0.29, 0.717) is 5.92 Å². The van der Waals surface area contributed by atoms with Crippen molar-refractivity contribution < 1.29 is 4.74 Å². The van der Waals surface area contributed by atoms with E-state index in [0.717, 1.165) is 24.0 Å². The molecule has 1 aromatic carbocycles. The highest BCUT2D eigenvalue weighted by molar-refractivity contribution is 8.17. The van der Waals surface area contributed by atoms with Crippen molar-refractivity contribution in [3.05, 3.63) is 34.0 Å². The van der Waals surface area contributed by atoms with Crippen molar-refractivity contribution in [2.45, 2.75) is 13.8 Å². The first-order valence-corrected chi connectivity index (χ1v) is 9.18. The number of rotatable bonds is 3.